The van der Waals surface area contributed by atoms with Gasteiger partial charge in [-0.25, -0.2) is 0 Å². The van der Waals surface area contributed by atoms with Crippen molar-refractivity contribution in [3.63, 3.8) is 0 Å². The molecule has 1 aromatic heterocycles. The van der Waals surface area contributed by atoms with E-state index in [4.69, 9.17) is 9.47 Å². The second-order valence-corrected chi connectivity index (χ2v) is 5.72. The number of hydrogen-bond acceptors (Lipinski definition) is 5. The Kier molecular flexibility index (Phi) is 5.42. The molecule has 1 aliphatic heterocycles. The van der Waals surface area contributed by atoms with Crippen molar-refractivity contribution < 1.29 is 19.1 Å². The highest BCUT2D eigenvalue weighted by Gasteiger charge is 2.35. The van der Waals surface area contributed by atoms with E-state index >= 15 is 0 Å². The van der Waals surface area contributed by atoms with Crippen LogP contribution in [0.3, 0.4) is 0 Å². The summed E-state index contributed by atoms with van der Waals surface area (Å²) >= 11 is 0. The average molecular weight is 344 g/mol. The SMILES string of the molecule is COCc1cc(CNC(=O)C2OCC(=O)NC2c2ccccc2)[nH]n1. The van der Waals surface area contributed by atoms with Gasteiger partial charge in [-0.1, -0.05) is 30.3 Å². The molecule has 2 atom stereocenters. The molecule has 3 N–H and O–H groups in total. The number of aromatic nitrogens is 2. The molecular weight excluding hydrogens is 324 g/mol. The van der Waals surface area contributed by atoms with Crippen LogP contribution in [0, 0.1) is 0 Å². The molecule has 0 radical (unpaired) electrons. The maximum absolute atomic E-state index is 12.5. The first-order valence-corrected chi connectivity index (χ1v) is 7.93. The molecule has 3 rings (SSSR count). The van der Waals surface area contributed by atoms with Gasteiger partial charge in [-0.05, 0) is 11.6 Å². The number of carbonyl (C=O) groups is 2. The molecule has 2 amide bonds. The largest absolute Gasteiger partial charge is 0.378 e. The number of benzene rings is 1. The number of H-pyrrole nitrogens is 1. The molecule has 1 saturated heterocycles. The maximum atomic E-state index is 12.5. The zero-order valence-electron chi connectivity index (χ0n) is 13.8. The van der Waals surface area contributed by atoms with E-state index in [1.165, 1.54) is 0 Å². The molecule has 8 nitrogen and oxygen atoms in total. The van der Waals surface area contributed by atoms with Gasteiger partial charge in [0.1, 0.15) is 6.61 Å². The van der Waals surface area contributed by atoms with Crippen LogP contribution in [0.4, 0.5) is 0 Å². The first kappa shape index (κ1) is 17.1. The van der Waals surface area contributed by atoms with E-state index < -0.39 is 12.1 Å². The molecule has 0 saturated carbocycles. The van der Waals surface area contributed by atoms with Gasteiger partial charge in [0, 0.05) is 7.11 Å². The topological polar surface area (TPSA) is 105 Å². The summed E-state index contributed by atoms with van der Waals surface area (Å²) in [6, 6.07) is 10.6. The van der Waals surface area contributed by atoms with Crippen molar-refractivity contribution in [1.82, 2.24) is 20.8 Å². The summed E-state index contributed by atoms with van der Waals surface area (Å²) in [7, 11) is 1.59. The molecular formula is C17H20N4O4. The number of amides is 2. The average Bonchev–Trinajstić information content (AvgIpc) is 3.08. The number of morpholine rings is 1. The van der Waals surface area contributed by atoms with Crippen LogP contribution >= 0.6 is 0 Å². The fourth-order valence-electron chi connectivity index (χ4n) is 2.70. The summed E-state index contributed by atoms with van der Waals surface area (Å²) in [5, 5.41) is 12.6. The van der Waals surface area contributed by atoms with Crippen LogP contribution in [0.15, 0.2) is 36.4 Å². The lowest BCUT2D eigenvalue weighted by molar-refractivity contribution is -0.148. The minimum Gasteiger partial charge on any atom is -0.378 e. The minimum absolute atomic E-state index is 0.135. The van der Waals surface area contributed by atoms with Gasteiger partial charge in [0.15, 0.2) is 6.10 Å². The van der Waals surface area contributed by atoms with Gasteiger partial charge < -0.3 is 20.1 Å². The van der Waals surface area contributed by atoms with Crippen molar-refractivity contribution in [2.24, 2.45) is 0 Å². The van der Waals surface area contributed by atoms with E-state index in [1.807, 2.05) is 36.4 Å². The van der Waals surface area contributed by atoms with Crippen LogP contribution in [0.2, 0.25) is 0 Å². The van der Waals surface area contributed by atoms with Gasteiger partial charge in [0.2, 0.25) is 5.91 Å². The predicted octanol–water partition coefficient (Wildman–Crippen LogP) is 0.429. The van der Waals surface area contributed by atoms with Gasteiger partial charge in [0.05, 0.1) is 30.6 Å². The number of hydrogen-bond donors (Lipinski definition) is 3. The van der Waals surface area contributed by atoms with Crippen molar-refractivity contribution in [1.29, 1.82) is 0 Å². The van der Waals surface area contributed by atoms with Crippen molar-refractivity contribution in [2.75, 3.05) is 13.7 Å². The zero-order chi connectivity index (χ0) is 17.6. The Balaban J connectivity index is 1.65. The van der Waals surface area contributed by atoms with E-state index in [0.29, 0.717) is 6.61 Å². The van der Waals surface area contributed by atoms with Crippen LogP contribution in [-0.2, 0) is 32.2 Å². The molecule has 25 heavy (non-hydrogen) atoms. The monoisotopic (exact) mass is 344 g/mol. The Morgan fingerprint density at radius 2 is 2.20 bits per heavy atom. The van der Waals surface area contributed by atoms with E-state index in [0.717, 1.165) is 17.0 Å². The number of aromatic amines is 1. The molecule has 8 heteroatoms. The normalized spacial score (nSPS) is 20.1. The lowest BCUT2D eigenvalue weighted by atomic mass is 9.99. The fraction of sp³-hybridized carbons (Fsp3) is 0.353. The third kappa shape index (κ3) is 4.23. The summed E-state index contributed by atoms with van der Waals surface area (Å²) in [5.41, 5.74) is 2.34. The number of rotatable bonds is 6. The summed E-state index contributed by atoms with van der Waals surface area (Å²) < 4.78 is 10.5. The zero-order valence-corrected chi connectivity index (χ0v) is 13.8. The van der Waals surface area contributed by atoms with Gasteiger partial charge in [-0.3, -0.25) is 14.7 Å². The Morgan fingerprint density at radius 3 is 2.96 bits per heavy atom. The summed E-state index contributed by atoms with van der Waals surface area (Å²) in [4.78, 5) is 24.2. The lowest BCUT2D eigenvalue weighted by Gasteiger charge is -2.31. The van der Waals surface area contributed by atoms with Crippen molar-refractivity contribution in [3.8, 4) is 0 Å². The maximum Gasteiger partial charge on any atom is 0.251 e. The molecule has 2 heterocycles. The highest BCUT2D eigenvalue weighted by atomic mass is 16.5. The van der Waals surface area contributed by atoms with E-state index in [2.05, 4.69) is 20.8 Å². The summed E-state index contributed by atoms with van der Waals surface area (Å²) in [5.74, 6) is -0.535. The van der Waals surface area contributed by atoms with Gasteiger partial charge >= 0.3 is 0 Å². The van der Waals surface area contributed by atoms with Crippen molar-refractivity contribution in [3.05, 3.63) is 53.3 Å². The number of carbonyl (C=O) groups excluding carboxylic acids is 2. The van der Waals surface area contributed by atoms with Crippen molar-refractivity contribution >= 4 is 11.8 Å². The van der Waals surface area contributed by atoms with Gasteiger partial charge in [-0.15, -0.1) is 0 Å². The Hall–Kier alpha value is -2.71. The summed E-state index contributed by atoms with van der Waals surface area (Å²) in [6.45, 7) is 0.548. The molecule has 2 unspecified atom stereocenters. The van der Waals surface area contributed by atoms with Crippen LogP contribution in [0.25, 0.3) is 0 Å². The number of ether oxygens (including phenoxy) is 2. The van der Waals surface area contributed by atoms with Crippen LogP contribution in [0.5, 0.6) is 0 Å². The molecule has 132 valence electrons. The molecule has 0 aliphatic carbocycles. The Morgan fingerprint density at radius 1 is 1.40 bits per heavy atom. The molecule has 2 aromatic rings. The highest BCUT2D eigenvalue weighted by Crippen LogP contribution is 2.22. The van der Waals surface area contributed by atoms with E-state index in [1.54, 1.807) is 7.11 Å². The Bertz CT molecular complexity index is 731. The molecule has 0 bridgehead atoms. The third-order valence-corrected chi connectivity index (χ3v) is 3.86. The molecule has 0 spiro atoms. The van der Waals surface area contributed by atoms with E-state index in [9.17, 15) is 9.59 Å². The highest BCUT2D eigenvalue weighted by molar-refractivity contribution is 5.86. The number of nitrogens with zero attached hydrogens (tertiary/aromatic N) is 1. The standard InChI is InChI=1S/C17H20N4O4/c1-24-9-13-7-12(20-21-13)8-18-17(23)16-15(19-14(22)10-25-16)11-5-3-2-4-6-11/h2-7,15-16H,8-10H2,1H3,(H,18,23)(H,19,22)(H,20,21). The first-order valence-electron chi connectivity index (χ1n) is 7.93. The smallest absolute Gasteiger partial charge is 0.251 e. The van der Waals surface area contributed by atoms with Crippen LogP contribution < -0.4 is 10.6 Å². The fourth-order valence-corrected chi connectivity index (χ4v) is 2.70. The summed E-state index contributed by atoms with van der Waals surface area (Å²) in [6.07, 6.45) is -0.790. The van der Waals surface area contributed by atoms with E-state index in [-0.39, 0.29) is 25.0 Å². The molecule has 1 aromatic carbocycles. The number of methoxy groups -OCH3 is 1. The third-order valence-electron chi connectivity index (χ3n) is 3.86. The minimum atomic E-state index is -0.790. The predicted molar refractivity (Wildman–Crippen MR) is 88.2 cm³/mol. The van der Waals surface area contributed by atoms with Crippen molar-refractivity contribution in [2.45, 2.75) is 25.3 Å². The first-order chi connectivity index (χ1) is 12.2. The van der Waals surface area contributed by atoms with Gasteiger partial charge in [0.25, 0.3) is 5.91 Å². The number of nitrogens with one attached hydrogen (secondary N) is 3. The Labute approximate surface area is 144 Å². The molecule has 1 fully saturated rings. The van der Waals surface area contributed by atoms with Crippen LogP contribution in [-0.4, -0.2) is 41.8 Å². The van der Waals surface area contributed by atoms with Gasteiger partial charge in [-0.2, -0.15) is 5.10 Å². The second-order valence-electron chi connectivity index (χ2n) is 5.72. The quantitative estimate of drug-likeness (QED) is 0.705. The lowest BCUT2D eigenvalue weighted by Crippen LogP contribution is -2.52. The molecule has 1 aliphatic rings. The van der Waals surface area contributed by atoms with Crippen LogP contribution in [0.1, 0.15) is 23.0 Å². The second kappa shape index (κ2) is 7.91.